The average Bonchev–Trinajstić information content (AvgIpc) is 2.48. The number of hydrogen-bond acceptors (Lipinski definition) is 6. The van der Waals surface area contributed by atoms with Gasteiger partial charge in [0.25, 0.3) is 0 Å². The molecule has 23 heavy (non-hydrogen) atoms. The van der Waals surface area contributed by atoms with Gasteiger partial charge in [-0.15, -0.1) is 0 Å². The summed E-state index contributed by atoms with van der Waals surface area (Å²) in [5.41, 5.74) is 0.685. The zero-order valence-corrected chi connectivity index (χ0v) is 14.1. The molecule has 1 fully saturated rings. The maximum absolute atomic E-state index is 11.5. The number of anilines is 1. The summed E-state index contributed by atoms with van der Waals surface area (Å²) in [5.74, 6) is 0.597. The summed E-state index contributed by atoms with van der Waals surface area (Å²) in [6.07, 6.45) is -0.290. The number of hydrogen-bond donors (Lipinski definition) is 0. The molecule has 128 valence electrons. The van der Waals surface area contributed by atoms with Gasteiger partial charge in [0, 0.05) is 30.9 Å². The van der Waals surface area contributed by atoms with Crippen LogP contribution in [0.4, 0.5) is 11.4 Å². The maximum Gasteiger partial charge on any atom is 0.316 e. The smallest absolute Gasteiger partial charge is 0.316 e. The Bertz CT molecular complexity index is 554. The van der Waals surface area contributed by atoms with Crippen LogP contribution in [0.15, 0.2) is 12.1 Å². The van der Waals surface area contributed by atoms with Crippen LogP contribution < -0.4 is 14.4 Å². The van der Waals surface area contributed by atoms with E-state index in [1.807, 2.05) is 33.8 Å². The maximum atomic E-state index is 11.5. The molecule has 1 aromatic rings. The lowest BCUT2D eigenvalue weighted by molar-refractivity contribution is -0.386. The van der Waals surface area contributed by atoms with E-state index in [1.165, 1.54) is 0 Å². The number of nitrogens with zero attached hydrogens (tertiary/aromatic N) is 2. The zero-order valence-electron chi connectivity index (χ0n) is 14.1. The molecule has 0 unspecified atom stereocenters. The third kappa shape index (κ3) is 4.48. The quantitative estimate of drug-likeness (QED) is 0.591. The normalized spacial score (nSPS) is 15.1. The summed E-state index contributed by atoms with van der Waals surface area (Å²) >= 11 is 0. The van der Waals surface area contributed by atoms with Crippen LogP contribution in [0.1, 0.15) is 27.7 Å². The number of nitro groups is 1. The Morgan fingerprint density at radius 1 is 1.13 bits per heavy atom. The highest BCUT2D eigenvalue weighted by atomic mass is 16.6. The lowest BCUT2D eigenvalue weighted by Crippen LogP contribution is -2.36. The molecule has 0 amide bonds. The van der Waals surface area contributed by atoms with E-state index in [-0.39, 0.29) is 23.6 Å². The van der Waals surface area contributed by atoms with Crippen LogP contribution in [-0.2, 0) is 4.74 Å². The van der Waals surface area contributed by atoms with Gasteiger partial charge in [0.1, 0.15) is 0 Å². The van der Waals surface area contributed by atoms with Crippen LogP contribution >= 0.6 is 0 Å². The second-order valence-electron chi connectivity index (χ2n) is 5.98. The fourth-order valence-electron chi connectivity index (χ4n) is 2.41. The van der Waals surface area contributed by atoms with Crippen molar-refractivity contribution in [1.82, 2.24) is 0 Å². The van der Waals surface area contributed by atoms with Gasteiger partial charge in [0.2, 0.25) is 5.75 Å². The molecule has 1 saturated heterocycles. The SMILES string of the molecule is CC(C)Oc1cc(N2CCOCC2)cc([N+](=O)[O-])c1OC(C)C. The molecular formula is C16H24N2O5. The molecule has 1 aromatic carbocycles. The number of rotatable bonds is 6. The minimum absolute atomic E-state index is 0.0710. The number of ether oxygens (including phenoxy) is 3. The molecule has 0 aromatic heterocycles. The van der Waals surface area contributed by atoms with Gasteiger partial charge in [0.05, 0.1) is 30.3 Å². The van der Waals surface area contributed by atoms with Gasteiger partial charge in [-0.1, -0.05) is 0 Å². The van der Waals surface area contributed by atoms with E-state index < -0.39 is 4.92 Å². The van der Waals surface area contributed by atoms with E-state index in [4.69, 9.17) is 14.2 Å². The second-order valence-corrected chi connectivity index (χ2v) is 5.98. The molecule has 1 heterocycles. The lowest BCUT2D eigenvalue weighted by atomic mass is 10.2. The van der Waals surface area contributed by atoms with Gasteiger partial charge >= 0.3 is 5.69 Å². The molecule has 0 saturated carbocycles. The summed E-state index contributed by atoms with van der Waals surface area (Å²) in [6, 6.07) is 3.37. The molecule has 7 heteroatoms. The number of benzene rings is 1. The number of nitro benzene ring substituents is 1. The Labute approximate surface area is 136 Å². The van der Waals surface area contributed by atoms with Crippen LogP contribution in [0, 0.1) is 10.1 Å². The second kappa shape index (κ2) is 7.50. The van der Waals surface area contributed by atoms with Gasteiger partial charge in [-0.3, -0.25) is 10.1 Å². The zero-order chi connectivity index (χ0) is 17.0. The molecule has 0 spiro atoms. The topological polar surface area (TPSA) is 74.1 Å². The van der Waals surface area contributed by atoms with Gasteiger partial charge in [0.15, 0.2) is 5.75 Å². The monoisotopic (exact) mass is 324 g/mol. The van der Waals surface area contributed by atoms with E-state index in [1.54, 1.807) is 6.07 Å². The average molecular weight is 324 g/mol. The van der Waals surface area contributed by atoms with Crippen molar-refractivity contribution in [3.8, 4) is 11.5 Å². The Kier molecular flexibility index (Phi) is 5.65. The highest BCUT2D eigenvalue weighted by Gasteiger charge is 2.26. The molecule has 1 aliphatic rings. The van der Waals surface area contributed by atoms with Crippen molar-refractivity contribution in [1.29, 1.82) is 0 Å². The van der Waals surface area contributed by atoms with Crippen molar-refractivity contribution < 1.29 is 19.1 Å². The van der Waals surface area contributed by atoms with E-state index in [2.05, 4.69) is 4.90 Å². The molecule has 0 bridgehead atoms. The van der Waals surface area contributed by atoms with Crippen molar-refractivity contribution in [3.05, 3.63) is 22.2 Å². The first-order valence-corrected chi connectivity index (χ1v) is 7.87. The van der Waals surface area contributed by atoms with Crippen LogP contribution in [0.25, 0.3) is 0 Å². The Morgan fingerprint density at radius 2 is 1.74 bits per heavy atom. The number of morpholine rings is 1. The van der Waals surface area contributed by atoms with Crippen LogP contribution in [0.3, 0.4) is 0 Å². The fraction of sp³-hybridized carbons (Fsp3) is 0.625. The summed E-state index contributed by atoms with van der Waals surface area (Å²) in [5, 5.41) is 11.5. The van der Waals surface area contributed by atoms with Crippen LogP contribution in [0.5, 0.6) is 11.5 Å². The van der Waals surface area contributed by atoms with Crippen molar-refractivity contribution in [2.75, 3.05) is 31.2 Å². The first-order valence-electron chi connectivity index (χ1n) is 7.87. The minimum Gasteiger partial charge on any atom is -0.487 e. The molecule has 0 radical (unpaired) electrons. The predicted octanol–water partition coefficient (Wildman–Crippen LogP) is 3.01. The third-order valence-corrected chi connectivity index (χ3v) is 3.31. The Morgan fingerprint density at radius 3 is 2.26 bits per heavy atom. The van der Waals surface area contributed by atoms with Crippen LogP contribution in [-0.4, -0.2) is 43.4 Å². The van der Waals surface area contributed by atoms with Gasteiger partial charge in [-0.25, -0.2) is 0 Å². The highest BCUT2D eigenvalue weighted by Crippen LogP contribution is 2.42. The standard InChI is InChI=1S/C16H24N2O5/c1-11(2)22-15-10-13(17-5-7-21-8-6-17)9-14(18(19)20)16(15)23-12(3)4/h9-12H,5-8H2,1-4H3. The van der Waals surface area contributed by atoms with Crippen molar-refractivity contribution in [2.45, 2.75) is 39.9 Å². The molecular weight excluding hydrogens is 300 g/mol. The van der Waals surface area contributed by atoms with E-state index in [9.17, 15) is 10.1 Å². The third-order valence-electron chi connectivity index (χ3n) is 3.31. The molecule has 0 aliphatic carbocycles. The van der Waals surface area contributed by atoms with Crippen molar-refractivity contribution in [3.63, 3.8) is 0 Å². The fourth-order valence-corrected chi connectivity index (χ4v) is 2.41. The van der Waals surface area contributed by atoms with Gasteiger partial charge < -0.3 is 19.1 Å². The highest BCUT2D eigenvalue weighted by molar-refractivity contribution is 5.67. The Hall–Kier alpha value is -2.02. The first kappa shape index (κ1) is 17.3. The van der Waals surface area contributed by atoms with Gasteiger partial charge in [-0.2, -0.15) is 0 Å². The van der Waals surface area contributed by atoms with Crippen molar-refractivity contribution >= 4 is 11.4 Å². The summed E-state index contributed by atoms with van der Waals surface area (Å²) in [6.45, 7) is 10.0. The summed E-state index contributed by atoms with van der Waals surface area (Å²) < 4.78 is 16.8. The van der Waals surface area contributed by atoms with Gasteiger partial charge in [-0.05, 0) is 27.7 Å². The summed E-state index contributed by atoms with van der Waals surface area (Å²) in [7, 11) is 0. The predicted molar refractivity (Wildman–Crippen MR) is 87.7 cm³/mol. The molecule has 0 N–H and O–H groups in total. The van der Waals surface area contributed by atoms with E-state index in [0.29, 0.717) is 32.1 Å². The molecule has 1 aliphatic heterocycles. The van der Waals surface area contributed by atoms with E-state index >= 15 is 0 Å². The molecule has 7 nitrogen and oxygen atoms in total. The van der Waals surface area contributed by atoms with E-state index in [0.717, 1.165) is 5.69 Å². The molecule has 2 rings (SSSR count). The van der Waals surface area contributed by atoms with Crippen LogP contribution in [0.2, 0.25) is 0 Å². The van der Waals surface area contributed by atoms with Crippen molar-refractivity contribution in [2.24, 2.45) is 0 Å². The lowest BCUT2D eigenvalue weighted by Gasteiger charge is -2.29. The largest absolute Gasteiger partial charge is 0.487 e. The minimum atomic E-state index is -0.422. The summed E-state index contributed by atoms with van der Waals surface area (Å²) in [4.78, 5) is 13.1. The first-order chi connectivity index (χ1) is 10.9. The Balaban J connectivity index is 2.48. The molecule has 0 atom stereocenters.